The van der Waals surface area contributed by atoms with E-state index in [1.807, 2.05) is 6.20 Å². The van der Waals surface area contributed by atoms with Gasteiger partial charge in [0, 0.05) is 24.4 Å². The van der Waals surface area contributed by atoms with Crippen molar-refractivity contribution in [3.8, 4) is 0 Å². The summed E-state index contributed by atoms with van der Waals surface area (Å²) in [5.74, 6) is 3.19. The van der Waals surface area contributed by atoms with Gasteiger partial charge in [0.25, 0.3) is 0 Å². The number of nitrogens with two attached hydrogens (primary N) is 1. The van der Waals surface area contributed by atoms with Gasteiger partial charge >= 0.3 is 0 Å². The third-order valence-corrected chi connectivity index (χ3v) is 4.52. The fraction of sp³-hybridized carbons (Fsp3) is 0.800. The Bertz CT molecular complexity index is 370. The molecule has 1 heterocycles. The van der Waals surface area contributed by atoms with Crippen molar-refractivity contribution in [2.75, 3.05) is 6.54 Å². The van der Waals surface area contributed by atoms with Gasteiger partial charge in [-0.15, -0.1) is 0 Å². The molecule has 0 aliphatic heterocycles. The first kappa shape index (κ1) is 13.6. The van der Waals surface area contributed by atoms with E-state index in [2.05, 4.69) is 36.5 Å². The molecule has 2 rings (SSSR count). The van der Waals surface area contributed by atoms with E-state index in [-0.39, 0.29) is 0 Å². The van der Waals surface area contributed by atoms with Crippen LogP contribution in [-0.4, -0.2) is 16.1 Å². The Morgan fingerprint density at radius 1 is 1.44 bits per heavy atom. The molecule has 0 aromatic carbocycles. The fourth-order valence-corrected chi connectivity index (χ4v) is 3.33. The molecule has 0 bridgehead atoms. The molecule has 18 heavy (non-hydrogen) atoms. The van der Waals surface area contributed by atoms with E-state index in [9.17, 15) is 0 Å². The van der Waals surface area contributed by atoms with E-state index in [0.717, 1.165) is 12.5 Å². The highest BCUT2D eigenvalue weighted by Crippen LogP contribution is 2.39. The summed E-state index contributed by atoms with van der Waals surface area (Å²) in [5, 5.41) is 0. The van der Waals surface area contributed by atoms with Gasteiger partial charge in [0.2, 0.25) is 0 Å². The van der Waals surface area contributed by atoms with Gasteiger partial charge in [-0.25, -0.2) is 4.98 Å². The van der Waals surface area contributed by atoms with Crippen LogP contribution in [0.1, 0.15) is 64.2 Å². The number of hydrogen-bond donors (Lipinski definition) is 1. The van der Waals surface area contributed by atoms with Crippen LogP contribution < -0.4 is 5.73 Å². The second kappa shape index (κ2) is 5.87. The lowest BCUT2D eigenvalue weighted by molar-refractivity contribution is 0.180. The SMILES string of the molecule is CCC1CCC(CN)C(n2ccnc2C(C)C)C1. The third-order valence-electron chi connectivity index (χ3n) is 4.52. The number of nitrogens with zero attached hydrogens (tertiary/aromatic N) is 2. The Morgan fingerprint density at radius 2 is 2.22 bits per heavy atom. The number of rotatable bonds is 4. The molecule has 3 atom stereocenters. The first-order valence-electron chi connectivity index (χ1n) is 7.40. The summed E-state index contributed by atoms with van der Waals surface area (Å²) in [6.45, 7) is 7.55. The molecule has 102 valence electrons. The van der Waals surface area contributed by atoms with Crippen molar-refractivity contribution in [3.63, 3.8) is 0 Å². The van der Waals surface area contributed by atoms with Gasteiger partial charge < -0.3 is 10.3 Å². The average molecular weight is 249 g/mol. The quantitative estimate of drug-likeness (QED) is 0.889. The number of imidazole rings is 1. The van der Waals surface area contributed by atoms with Crippen molar-refractivity contribution in [1.29, 1.82) is 0 Å². The molecule has 1 aliphatic carbocycles. The largest absolute Gasteiger partial charge is 0.331 e. The topological polar surface area (TPSA) is 43.8 Å². The summed E-state index contributed by atoms with van der Waals surface area (Å²) < 4.78 is 2.41. The molecular weight excluding hydrogens is 222 g/mol. The predicted octanol–water partition coefficient (Wildman–Crippen LogP) is 3.33. The summed E-state index contributed by atoms with van der Waals surface area (Å²) in [6.07, 6.45) is 9.28. The molecule has 0 saturated heterocycles. The van der Waals surface area contributed by atoms with Crippen molar-refractivity contribution in [3.05, 3.63) is 18.2 Å². The minimum Gasteiger partial charge on any atom is -0.331 e. The maximum absolute atomic E-state index is 5.98. The zero-order valence-electron chi connectivity index (χ0n) is 12.0. The summed E-state index contributed by atoms with van der Waals surface area (Å²) in [7, 11) is 0. The predicted molar refractivity (Wildman–Crippen MR) is 75.5 cm³/mol. The van der Waals surface area contributed by atoms with Gasteiger partial charge in [-0.3, -0.25) is 0 Å². The van der Waals surface area contributed by atoms with Crippen LogP contribution in [0.15, 0.2) is 12.4 Å². The zero-order chi connectivity index (χ0) is 13.1. The Labute approximate surface area is 111 Å². The minimum atomic E-state index is 0.487. The van der Waals surface area contributed by atoms with E-state index in [0.29, 0.717) is 17.9 Å². The Hall–Kier alpha value is -0.830. The molecule has 0 spiro atoms. The van der Waals surface area contributed by atoms with Crippen LogP contribution in [0.5, 0.6) is 0 Å². The monoisotopic (exact) mass is 249 g/mol. The molecule has 3 unspecified atom stereocenters. The lowest BCUT2D eigenvalue weighted by atomic mass is 9.77. The lowest BCUT2D eigenvalue weighted by Gasteiger charge is -2.37. The summed E-state index contributed by atoms with van der Waals surface area (Å²) in [6, 6.07) is 0.564. The molecule has 0 radical (unpaired) electrons. The van der Waals surface area contributed by atoms with Crippen LogP contribution in [0.25, 0.3) is 0 Å². The highest BCUT2D eigenvalue weighted by molar-refractivity contribution is 5.02. The van der Waals surface area contributed by atoms with Crippen molar-refractivity contribution < 1.29 is 0 Å². The molecule has 0 amide bonds. The highest BCUT2D eigenvalue weighted by atomic mass is 15.1. The van der Waals surface area contributed by atoms with Crippen molar-refractivity contribution in [2.24, 2.45) is 17.6 Å². The average Bonchev–Trinajstić information content (AvgIpc) is 2.87. The summed E-state index contributed by atoms with van der Waals surface area (Å²) >= 11 is 0. The highest BCUT2D eigenvalue weighted by Gasteiger charge is 2.31. The molecule has 1 fully saturated rings. The van der Waals surface area contributed by atoms with E-state index in [1.165, 1.54) is 31.5 Å². The molecule has 1 aromatic rings. The molecular formula is C15H27N3. The molecule has 1 saturated carbocycles. The van der Waals surface area contributed by atoms with E-state index >= 15 is 0 Å². The molecule has 3 nitrogen and oxygen atoms in total. The molecule has 1 aromatic heterocycles. The van der Waals surface area contributed by atoms with E-state index in [1.54, 1.807) is 0 Å². The van der Waals surface area contributed by atoms with Crippen molar-refractivity contribution in [1.82, 2.24) is 9.55 Å². The summed E-state index contributed by atoms with van der Waals surface area (Å²) in [5.41, 5.74) is 5.98. The van der Waals surface area contributed by atoms with E-state index in [4.69, 9.17) is 5.73 Å². The fourth-order valence-electron chi connectivity index (χ4n) is 3.33. The van der Waals surface area contributed by atoms with E-state index < -0.39 is 0 Å². The Balaban J connectivity index is 2.24. The van der Waals surface area contributed by atoms with Crippen LogP contribution >= 0.6 is 0 Å². The molecule has 2 N–H and O–H groups in total. The number of hydrogen-bond acceptors (Lipinski definition) is 2. The number of aromatic nitrogens is 2. The first-order valence-corrected chi connectivity index (χ1v) is 7.40. The van der Waals surface area contributed by atoms with Crippen LogP contribution in [0, 0.1) is 11.8 Å². The zero-order valence-corrected chi connectivity index (χ0v) is 12.0. The second-order valence-corrected chi connectivity index (χ2v) is 6.00. The minimum absolute atomic E-state index is 0.487. The van der Waals surface area contributed by atoms with Crippen LogP contribution in [-0.2, 0) is 0 Å². The van der Waals surface area contributed by atoms with Crippen LogP contribution in [0.3, 0.4) is 0 Å². The van der Waals surface area contributed by atoms with Gasteiger partial charge in [-0.2, -0.15) is 0 Å². The van der Waals surface area contributed by atoms with Crippen molar-refractivity contribution >= 4 is 0 Å². The molecule has 3 heteroatoms. The summed E-state index contributed by atoms with van der Waals surface area (Å²) in [4.78, 5) is 4.53. The van der Waals surface area contributed by atoms with Gasteiger partial charge in [0.15, 0.2) is 0 Å². The van der Waals surface area contributed by atoms with Crippen molar-refractivity contribution in [2.45, 2.75) is 58.4 Å². The first-order chi connectivity index (χ1) is 8.67. The van der Waals surface area contributed by atoms with Gasteiger partial charge in [-0.1, -0.05) is 27.2 Å². The van der Waals surface area contributed by atoms with Gasteiger partial charge in [-0.05, 0) is 37.6 Å². The smallest absolute Gasteiger partial charge is 0.111 e. The normalized spacial score (nSPS) is 28.8. The Kier molecular flexibility index (Phi) is 4.44. The third kappa shape index (κ3) is 2.61. The van der Waals surface area contributed by atoms with Crippen LogP contribution in [0.2, 0.25) is 0 Å². The van der Waals surface area contributed by atoms with Gasteiger partial charge in [0.05, 0.1) is 0 Å². The lowest BCUT2D eigenvalue weighted by Crippen LogP contribution is -2.33. The van der Waals surface area contributed by atoms with Crippen LogP contribution in [0.4, 0.5) is 0 Å². The Morgan fingerprint density at radius 3 is 2.83 bits per heavy atom. The molecule has 1 aliphatic rings. The maximum Gasteiger partial charge on any atom is 0.111 e. The standard InChI is InChI=1S/C15H27N3/c1-4-12-5-6-13(10-16)14(9-12)18-8-7-17-15(18)11(2)3/h7-8,11-14H,4-6,9-10,16H2,1-3H3. The second-order valence-electron chi connectivity index (χ2n) is 6.00. The maximum atomic E-state index is 5.98. The van der Waals surface area contributed by atoms with Gasteiger partial charge in [0.1, 0.15) is 5.82 Å².